The van der Waals surface area contributed by atoms with Crippen LogP contribution >= 0.6 is 0 Å². The first-order valence-corrected chi connectivity index (χ1v) is 17.3. The Kier molecular flexibility index (Phi) is 6.33. The lowest BCUT2D eigenvalue weighted by Gasteiger charge is -2.24. The molecule has 236 valence electrons. The molecule has 0 amide bonds. The van der Waals surface area contributed by atoms with Gasteiger partial charge in [0.2, 0.25) is 0 Å². The molecule has 2 aliphatic carbocycles. The van der Waals surface area contributed by atoms with Crippen LogP contribution in [0.1, 0.15) is 66.6 Å². The summed E-state index contributed by atoms with van der Waals surface area (Å²) in [7, 11) is 0. The van der Waals surface area contributed by atoms with Gasteiger partial charge < -0.3 is 0 Å². The third-order valence-electron chi connectivity index (χ3n) is 11.4. The van der Waals surface area contributed by atoms with Crippen molar-refractivity contribution < 1.29 is 0 Å². The molecular weight excluding hydrogens is 591 g/mol. The molecule has 0 N–H and O–H groups in total. The van der Waals surface area contributed by atoms with Gasteiger partial charge in [0.15, 0.2) is 0 Å². The highest BCUT2D eigenvalue weighted by atomic mass is 14.6. The highest BCUT2D eigenvalue weighted by Gasteiger charge is 2.42. The van der Waals surface area contributed by atoms with E-state index in [-0.39, 0.29) is 10.8 Å². The average Bonchev–Trinajstić information content (AvgIpc) is 3.48. The van der Waals surface area contributed by atoms with E-state index in [1.165, 1.54) is 82.9 Å². The van der Waals surface area contributed by atoms with Gasteiger partial charge in [0, 0.05) is 28.0 Å². The SMILES string of the molecule is C=C/C(=C\c1ccccc1C)c1ccc2c(c1)C(C)(C)c1cc3c(cc1-2)C(C)(C)c1cc(-c2cnc4ccccc4c2)c2ccccc2c1-3. The van der Waals surface area contributed by atoms with Crippen LogP contribution in [0.3, 0.4) is 0 Å². The quantitative estimate of drug-likeness (QED) is 0.139. The monoisotopic (exact) mass is 629 g/mol. The molecule has 7 aromatic rings. The van der Waals surface area contributed by atoms with E-state index in [1.807, 2.05) is 12.3 Å². The van der Waals surface area contributed by atoms with Gasteiger partial charge >= 0.3 is 0 Å². The van der Waals surface area contributed by atoms with Crippen molar-refractivity contribution in [2.24, 2.45) is 0 Å². The maximum absolute atomic E-state index is 4.85. The van der Waals surface area contributed by atoms with Crippen LogP contribution in [-0.4, -0.2) is 4.98 Å². The summed E-state index contributed by atoms with van der Waals surface area (Å²) >= 11 is 0. The van der Waals surface area contributed by atoms with Gasteiger partial charge in [0.05, 0.1) is 5.52 Å². The topological polar surface area (TPSA) is 12.9 Å². The van der Waals surface area contributed by atoms with E-state index in [0.29, 0.717) is 0 Å². The predicted octanol–water partition coefficient (Wildman–Crippen LogP) is 12.7. The summed E-state index contributed by atoms with van der Waals surface area (Å²) in [5, 5.41) is 3.74. The summed E-state index contributed by atoms with van der Waals surface area (Å²) in [6.45, 7) is 16.0. The number of pyridine rings is 1. The van der Waals surface area contributed by atoms with Crippen molar-refractivity contribution in [3.8, 4) is 33.4 Å². The lowest BCUT2D eigenvalue weighted by Crippen LogP contribution is -2.17. The van der Waals surface area contributed by atoms with Gasteiger partial charge in [-0.25, -0.2) is 0 Å². The molecule has 1 heterocycles. The van der Waals surface area contributed by atoms with Gasteiger partial charge in [0.25, 0.3) is 0 Å². The Labute approximate surface area is 289 Å². The summed E-state index contributed by atoms with van der Waals surface area (Å²) < 4.78 is 0. The molecule has 0 aliphatic heterocycles. The van der Waals surface area contributed by atoms with Crippen LogP contribution in [0.5, 0.6) is 0 Å². The van der Waals surface area contributed by atoms with E-state index < -0.39 is 0 Å². The minimum absolute atomic E-state index is 0.149. The molecule has 1 nitrogen and oxygen atoms in total. The van der Waals surface area contributed by atoms with Crippen molar-refractivity contribution >= 4 is 33.3 Å². The van der Waals surface area contributed by atoms with Crippen molar-refractivity contribution in [1.29, 1.82) is 0 Å². The Morgan fingerprint density at radius 2 is 1.27 bits per heavy atom. The van der Waals surface area contributed by atoms with Gasteiger partial charge in [0.1, 0.15) is 0 Å². The summed E-state index contributed by atoms with van der Waals surface area (Å²) in [6, 6.07) is 42.7. The van der Waals surface area contributed by atoms with Crippen LogP contribution in [0.25, 0.3) is 66.7 Å². The Hall–Kier alpha value is -5.53. The molecule has 0 unspecified atom stereocenters. The zero-order valence-electron chi connectivity index (χ0n) is 28.9. The smallest absolute Gasteiger partial charge is 0.0702 e. The van der Waals surface area contributed by atoms with Gasteiger partial charge in [-0.3, -0.25) is 4.98 Å². The number of allylic oxidation sites excluding steroid dienone is 2. The number of aromatic nitrogens is 1. The van der Waals surface area contributed by atoms with Crippen molar-refractivity contribution in [1.82, 2.24) is 4.98 Å². The minimum Gasteiger partial charge on any atom is -0.256 e. The third kappa shape index (κ3) is 4.28. The molecule has 1 aromatic heterocycles. The van der Waals surface area contributed by atoms with Crippen LogP contribution in [0.4, 0.5) is 0 Å². The fraction of sp³-hybridized carbons (Fsp3) is 0.146. The lowest BCUT2D eigenvalue weighted by atomic mass is 9.78. The first kappa shape index (κ1) is 29.6. The van der Waals surface area contributed by atoms with E-state index in [9.17, 15) is 0 Å². The molecular formula is C48H39N. The van der Waals surface area contributed by atoms with Crippen molar-refractivity contribution in [2.45, 2.75) is 45.4 Å². The average molecular weight is 630 g/mol. The fourth-order valence-corrected chi connectivity index (χ4v) is 8.62. The van der Waals surface area contributed by atoms with Crippen molar-refractivity contribution in [2.75, 3.05) is 0 Å². The number of hydrogen-bond donors (Lipinski definition) is 0. The largest absolute Gasteiger partial charge is 0.256 e. The number of benzene rings is 6. The van der Waals surface area contributed by atoms with E-state index in [0.717, 1.165) is 16.7 Å². The van der Waals surface area contributed by atoms with E-state index >= 15 is 0 Å². The summed E-state index contributed by atoms with van der Waals surface area (Å²) in [6.07, 6.45) is 6.30. The number of nitrogens with zero attached hydrogens (tertiary/aromatic N) is 1. The fourth-order valence-electron chi connectivity index (χ4n) is 8.62. The van der Waals surface area contributed by atoms with Crippen LogP contribution in [0.2, 0.25) is 0 Å². The molecule has 6 aromatic carbocycles. The summed E-state index contributed by atoms with van der Waals surface area (Å²) in [5.41, 5.74) is 19.0. The number of rotatable bonds is 4. The normalized spacial score (nSPS) is 15.2. The highest BCUT2D eigenvalue weighted by molar-refractivity contribution is 6.10. The first-order chi connectivity index (χ1) is 23.7. The molecule has 0 radical (unpaired) electrons. The second-order valence-electron chi connectivity index (χ2n) is 14.9. The zero-order chi connectivity index (χ0) is 33.7. The summed E-state index contributed by atoms with van der Waals surface area (Å²) in [4.78, 5) is 4.85. The third-order valence-corrected chi connectivity index (χ3v) is 11.4. The van der Waals surface area contributed by atoms with E-state index in [2.05, 4.69) is 163 Å². The van der Waals surface area contributed by atoms with Crippen molar-refractivity contribution in [3.63, 3.8) is 0 Å². The van der Waals surface area contributed by atoms with E-state index in [4.69, 9.17) is 4.98 Å². The van der Waals surface area contributed by atoms with Gasteiger partial charge in [-0.2, -0.15) is 0 Å². The highest BCUT2D eigenvalue weighted by Crippen LogP contribution is 2.58. The number of hydrogen-bond acceptors (Lipinski definition) is 1. The Morgan fingerprint density at radius 3 is 2.08 bits per heavy atom. The Bertz CT molecular complexity index is 2570. The van der Waals surface area contributed by atoms with Gasteiger partial charge in [-0.05, 0) is 133 Å². The molecule has 0 spiro atoms. The molecule has 1 heteroatoms. The molecule has 0 fully saturated rings. The minimum atomic E-state index is -0.165. The van der Waals surface area contributed by atoms with E-state index in [1.54, 1.807) is 0 Å². The molecule has 2 aliphatic rings. The molecule has 0 saturated carbocycles. The second kappa shape index (κ2) is 10.5. The van der Waals surface area contributed by atoms with Crippen molar-refractivity contribution in [3.05, 3.63) is 173 Å². The maximum Gasteiger partial charge on any atom is 0.0702 e. The number of para-hydroxylation sites is 1. The number of aryl methyl sites for hydroxylation is 1. The van der Waals surface area contributed by atoms with Crippen LogP contribution < -0.4 is 0 Å². The predicted molar refractivity (Wildman–Crippen MR) is 209 cm³/mol. The molecule has 0 atom stereocenters. The molecule has 0 bridgehead atoms. The standard InChI is InChI=1S/C48H39N/c1-7-30(22-31-15-9-8-14-29(31)2)32-20-21-36-39-26-43-40(27-42(39)47(3,4)41(36)24-32)46-37-18-12-11-17-35(37)38(25-44(46)48(43,5)6)34-23-33-16-10-13-19-45(33)49-28-34/h7-28H,1H2,2-6H3/b30-22+. The molecule has 9 rings (SSSR count). The van der Waals surface area contributed by atoms with Crippen LogP contribution in [0.15, 0.2) is 134 Å². The maximum atomic E-state index is 4.85. The van der Waals surface area contributed by atoms with Gasteiger partial charge in [-0.15, -0.1) is 0 Å². The lowest BCUT2D eigenvalue weighted by molar-refractivity contribution is 0.652. The van der Waals surface area contributed by atoms with Crippen LogP contribution in [0, 0.1) is 6.92 Å². The van der Waals surface area contributed by atoms with Gasteiger partial charge in [-0.1, -0.05) is 119 Å². The molecule has 49 heavy (non-hydrogen) atoms. The Morgan fingerprint density at radius 1 is 0.612 bits per heavy atom. The first-order valence-electron chi connectivity index (χ1n) is 17.3. The Balaban J connectivity index is 1.21. The second-order valence-corrected chi connectivity index (χ2v) is 14.9. The van der Waals surface area contributed by atoms with Crippen LogP contribution in [-0.2, 0) is 10.8 Å². The zero-order valence-corrected chi connectivity index (χ0v) is 28.9. The number of fused-ring (bicyclic) bond motifs is 9. The summed E-state index contributed by atoms with van der Waals surface area (Å²) in [5.74, 6) is 0. The molecule has 0 saturated heterocycles.